The summed E-state index contributed by atoms with van der Waals surface area (Å²) in [7, 11) is -2.04. The zero-order chi connectivity index (χ0) is 23.2. The minimum atomic E-state index is -3.67. The van der Waals surface area contributed by atoms with Crippen molar-refractivity contribution in [3.05, 3.63) is 96.4 Å². The van der Waals surface area contributed by atoms with Gasteiger partial charge in [0, 0.05) is 28.7 Å². The zero-order valence-corrected chi connectivity index (χ0v) is 19.4. The number of ether oxygens (including phenoxy) is 1. The summed E-state index contributed by atoms with van der Waals surface area (Å²) in [6.07, 6.45) is 1.91. The van der Waals surface area contributed by atoms with E-state index in [4.69, 9.17) is 9.84 Å². The van der Waals surface area contributed by atoms with Gasteiger partial charge in [0.1, 0.15) is 11.4 Å². The van der Waals surface area contributed by atoms with Crippen LogP contribution in [-0.4, -0.2) is 29.1 Å². The van der Waals surface area contributed by atoms with Crippen LogP contribution in [0, 0.1) is 13.8 Å². The van der Waals surface area contributed by atoms with E-state index in [9.17, 15) is 8.42 Å². The summed E-state index contributed by atoms with van der Waals surface area (Å²) in [5.74, 6) is 0.772. The van der Waals surface area contributed by atoms with E-state index < -0.39 is 10.0 Å². The summed E-state index contributed by atoms with van der Waals surface area (Å²) in [6.45, 7) is 3.58. The third kappa shape index (κ3) is 3.50. The van der Waals surface area contributed by atoms with E-state index >= 15 is 0 Å². The molecule has 0 fully saturated rings. The highest BCUT2D eigenvalue weighted by atomic mass is 32.2. The fraction of sp³-hybridized carbons (Fsp3) is 0.115. The van der Waals surface area contributed by atoms with Gasteiger partial charge in [-0.25, -0.2) is 16.9 Å². The Balaban J connectivity index is 1.64. The number of hydrogen-bond acceptors (Lipinski definition) is 4. The smallest absolute Gasteiger partial charge is 0.268 e. The molecule has 0 spiro atoms. The lowest BCUT2D eigenvalue weighted by Crippen LogP contribution is -2.15. The Hall–Kier alpha value is -3.84. The third-order valence-electron chi connectivity index (χ3n) is 5.79. The van der Waals surface area contributed by atoms with Crippen molar-refractivity contribution in [3.8, 4) is 28.1 Å². The van der Waals surface area contributed by atoms with Crippen molar-refractivity contribution in [3.63, 3.8) is 0 Å². The first-order chi connectivity index (χ1) is 15.9. The average molecular weight is 458 g/mol. The van der Waals surface area contributed by atoms with Gasteiger partial charge in [0.2, 0.25) is 0 Å². The van der Waals surface area contributed by atoms with Crippen LogP contribution < -0.4 is 4.74 Å². The maximum atomic E-state index is 13.2. The number of hydrogen-bond donors (Lipinski definition) is 0. The second-order valence-corrected chi connectivity index (χ2v) is 9.68. The van der Waals surface area contributed by atoms with Crippen molar-refractivity contribution in [1.29, 1.82) is 0 Å². The van der Waals surface area contributed by atoms with Gasteiger partial charge in [0.25, 0.3) is 10.0 Å². The molecular formula is C26H23N3O3S. The highest BCUT2D eigenvalue weighted by Gasteiger charge is 2.22. The van der Waals surface area contributed by atoms with Gasteiger partial charge >= 0.3 is 0 Å². The molecule has 0 aliphatic heterocycles. The molecule has 0 saturated heterocycles. The van der Waals surface area contributed by atoms with Gasteiger partial charge in [-0.05, 0) is 80.1 Å². The van der Waals surface area contributed by atoms with Gasteiger partial charge < -0.3 is 4.74 Å². The molecule has 5 rings (SSSR count). The summed E-state index contributed by atoms with van der Waals surface area (Å²) in [4.78, 5) is 0.246. The molecule has 0 aliphatic rings. The second-order valence-electron chi connectivity index (χ2n) is 7.89. The second kappa shape index (κ2) is 7.94. The van der Waals surface area contributed by atoms with E-state index in [0.717, 1.165) is 33.7 Å². The van der Waals surface area contributed by atoms with E-state index in [1.807, 2.05) is 65.3 Å². The van der Waals surface area contributed by atoms with Crippen LogP contribution in [0.1, 0.15) is 11.4 Å². The summed E-state index contributed by atoms with van der Waals surface area (Å²) in [5, 5.41) is 4.80. The number of aryl methyl sites for hydroxylation is 2. The molecule has 33 heavy (non-hydrogen) atoms. The monoisotopic (exact) mass is 457 g/mol. The molecule has 5 aromatic rings. The first kappa shape index (κ1) is 21.0. The van der Waals surface area contributed by atoms with E-state index in [0.29, 0.717) is 11.4 Å². The molecule has 0 N–H and O–H groups in total. The molecule has 2 aromatic carbocycles. The Kier molecular flexibility index (Phi) is 5.06. The predicted molar refractivity (Wildman–Crippen MR) is 129 cm³/mol. The molecule has 3 aromatic heterocycles. The minimum absolute atomic E-state index is 0.246. The topological polar surface area (TPSA) is 65.6 Å². The molecule has 0 bridgehead atoms. The lowest BCUT2D eigenvalue weighted by molar-refractivity contribution is 0.415. The van der Waals surface area contributed by atoms with Gasteiger partial charge in [-0.2, -0.15) is 5.10 Å². The standard InChI is InChI=1S/C26H23N3O3S/c1-18-7-8-19(2)29(18)33(30,31)23-15-11-20(12-16-23)25-24-6-4-5-17-28(24)27-26(25)21-9-13-22(32-3)14-10-21/h4-17H,1-3H3. The van der Waals surface area contributed by atoms with Gasteiger partial charge in [0.05, 0.1) is 17.5 Å². The molecule has 0 unspecified atom stereocenters. The lowest BCUT2D eigenvalue weighted by Gasteiger charge is -2.11. The third-order valence-corrected chi connectivity index (χ3v) is 7.72. The zero-order valence-electron chi connectivity index (χ0n) is 18.6. The fourth-order valence-corrected chi connectivity index (χ4v) is 5.74. The molecule has 0 amide bonds. The van der Waals surface area contributed by atoms with Crippen LogP contribution in [0.4, 0.5) is 0 Å². The van der Waals surface area contributed by atoms with Crippen LogP contribution in [0.2, 0.25) is 0 Å². The molecular weight excluding hydrogens is 434 g/mol. The van der Waals surface area contributed by atoms with E-state index in [1.54, 1.807) is 45.2 Å². The Morgan fingerprint density at radius 1 is 0.788 bits per heavy atom. The van der Waals surface area contributed by atoms with Crippen LogP contribution in [0.15, 0.2) is 90.0 Å². The summed E-state index contributed by atoms with van der Waals surface area (Å²) in [5.41, 5.74) is 5.90. The van der Waals surface area contributed by atoms with Crippen molar-refractivity contribution >= 4 is 15.5 Å². The van der Waals surface area contributed by atoms with Crippen LogP contribution >= 0.6 is 0 Å². The van der Waals surface area contributed by atoms with Crippen molar-refractivity contribution < 1.29 is 13.2 Å². The Labute approximate surface area is 192 Å². The SMILES string of the molecule is COc1ccc(-c2nn3ccccc3c2-c2ccc(S(=O)(=O)n3c(C)ccc3C)cc2)cc1. The highest BCUT2D eigenvalue weighted by molar-refractivity contribution is 7.90. The average Bonchev–Trinajstić information content (AvgIpc) is 3.39. The number of aromatic nitrogens is 3. The molecule has 7 heteroatoms. The number of benzene rings is 2. The van der Waals surface area contributed by atoms with Crippen molar-refractivity contribution in [2.24, 2.45) is 0 Å². The van der Waals surface area contributed by atoms with Crippen LogP contribution in [-0.2, 0) is 10.0 Å². The molecule has 6 nitrogen and oxygen atoms in total. The fourth-order valence-electron chi connectivity index (χ4n) is 4.17. The summed E-state index contributed by atoms with van der Waals surface area (Å²) < 4.78 is 35.0. The molecule has 166 valence electrons. The van der Waals surface area contributed by atoms with E-state index in [1.165, 1.54) is 3.97 Å². The van der Waals surface area contributed by atoms with Crippen molar-refractivity contribution in [2.75, 3.05) is 7.11 Å². The first-order valence-corrected chi connectivity index (χ1v) is 12.0. The maximum Gasteiger partial charge on any atom is 0.268 e. The molecule has 0 atom stereocenters. The largest absolute Gasteiger partial charge is 0.497 e. The highest BCUT2D eigenvalue weighted by Crippen LogP contribution is 2.36. The molecule has 0 saturated carbocycles. The van der Waals surface area contributed by atoms with Gasteiger partial charge in [-0.3, -0.25) is 0 Å². The maximum absolute atomic E-state index is 13.2. The molecule has 3 heterocycles. The van der Waals surface area contributed by atoms with E-state index in [2.05, 4.69) is 0 Å². The Morgan fingerprint density at radius 2 is 1.42 bits per heavy atom. The quantitative estimate of drug-likeness (QED) is 0.358. The van der Waals surface area contributed by atoms with Crippen molar-refractivity contribution in [2.45, 2.75) is 18.7 Å². The molecule has 0 radical (unpaired) electrons. The number of rotatable bonds is 5. The minimum Gasteiger partial charge on any atom is -0.497 e. The van der Waals surface area contributed by atoms with Crippen LogP contribution in [0.25, 0.3) is 27.9 Å². The van der Waals surface area contributed by atoms with Crippen LogP contribution in [0.5, 0.6) is 5.75 Å². The predicted octanol–water partition coefficient (Wildman–Crippen LogP) is 5.33. The number of fused-ring (bicyclic) bond motifs is 1. The van der Waals surface area contributed by atoms with Gasteiger partial charge in [-0.15, -0.1) is 0 Å². The first-order valence-electron chi connectivity index (χ1n) is 10.5. The Morgan fingerprint density at radius 3 is 2.06 bits per heavy atom. The number of nitrogens with zero attached hydrogens (tertiary/aromatic N) is 3. The lowest BCUT2D eigenvalue weighted by atomic mass is 10.00. The summed E-state index contributed by atoms with van der Waals surface area (Å²) in [6, 6.07) is 24.3. The summed E-state index contributed by atoms with van der Waals surface area (Å²) >= 11 is 0. The Bertz CT molecular complexity index is 1540. The molecule has 0 aliphatic carbocycles. The van der Waals surface area contributed by atoms with Gasteiger partial charge in [-0.1, -0.05) is 18.2 Å². The van der Waals surface area contributed by atoms with Crippen molar-refractivity contribution in [1.82, 2.24) is 13.6 Å². The van der Waals surface area contributed by atoms with E-state index in [-0.39, 0.29) is 4.90 Å². The normalized spacial score (nSPS) is 11.7. The number of methoxy groups -OCH3 is 1. The van der Waals surface area contributed by atoms with Crippen LogP contribution in [0.3, 0.4) is 0 Å². The number of pyridine rings is 1. The van der Waals surface area contributed by atoms with Gasteiger partial charge in [0.15, 0.2) is 0 Å².